The van der Waals surface area contributed by atoms with E-state index in [1.807, 2.05) is 13.0 Å². The molecule has 5 nitrogen and oxygen atoms in total. The minimum Gasteiger partial charge on any atom is -0.478 e. The van der Waals surface area contributed by atoms with E-state index >= 15 is 0 Å². The second-order valence-electron chi connectivity index (χ2n) is 3.97. The molecule has 2 rings (SSSR count). The number of nitrogens with one attached hydrogen (secondary N) is 1. The molecule has 1 atom stereocenters. The molecular formula is C13H14ClN3O2. The van der Waals surface area contributed by atoms with E-state index in [2.05, 4.69) is 10.4 Å². The summed E-state index contributed by atoms with van der Waals surface area (Å²) in [5.74, 6) is 5.26. The molecule has 6 heteroatoms. The first-order valence-electron chi connectivity index (χ1n) is 5.87. The topological polar surface area (TPSA) is 77.2 Å². The van der Waals surface area contributed by atoms with Crippen molar-refractivity contribution in [1.82, 2.24) is 10.4 Å². The Hall–Kier alpha value is -1.85. The quantitative estimate of drug-likeness (QED) is 0.510. The van der Waals surface area contributed by atoms with Crippen molar-refractivity contribution in [2.75, 3.05) is 0 Å². The number of nitrogens with two attached hydrogens (primary N) is 1. The van der Waals surface area contributed by atoms with E-state index in [1.54, 1.807) is 24.4 Å². The highest BCUT2D eigenvalue weighted by atomic mass is 35.5. The Morgan fingerprint density at radius 3 is 3.00 bits per heavy atom. The maximum atomic E-state index is 11.5. The van der Waals surface area contributed by atoms with Gasteiger partial charge in [-0.3, -0.25) is 15.2 Å². The minimum atomic E-state index is -0.656. The lowest BCUT2D eigenvalue weighted by Crippen LogP contribution is -2.41. The molecule has 1 unspecified atom stereocenters. The number of halogens is 1. The first-order chi connectivity index (χ1) is 9.17. The van der Waals surface area contributed by atoms with Crippen LogP contribution in [-0.4, -0.2) is 17.0 Å². The third kappa shape index (κ3) is 2.77. The number of nitrogens with zero attached hydrogens (tertiary/aromatic N) is 1. The fraction of sp³-hybridized carbons (Fsp3) is 0.231. The Kier molecular flexibility index (Phi) is 4.19. The summed E-state index contributed by atoms with van der Waals surface area (Å²) in [6.45, 7) is 1.84. The standard InChI is InChI=1S/C13H14ClN3O2/c1-2-10(13(18)17-15)19-11-6-5-9(14)8-4-3-7-16-12(8)11/h3-7,10H,2,15H2,1H3,(H,17,18). The van der Waals surface area contributed by atoms with Crippen molar-refractivity contribution < 1.29 is 9.53 Å². The average molecular weight is 280 g/mol. The summed E-state index contributed by atoms with van der Waals surface area (Å²) >= 11 is 6.09. The molecule has 0 aliphatic carbocycles. The molecule has 0 radical (unpaired) electrons. The molecule has 1 aromatic carbocycles. The number of ether oxygens (including phenoxy) is 1. The van der Waals surface area contributed by atoms with Crippen LogP contribution in [0.5, 0.6) is 5.75 Å². The zero-order valence-electron chi connectivity index (χ0n) is 10.4. The highest BCUT2D eigenvalue weighted by molar-refractivity contribution is 6.35. The van der Waals surface area contributed by atoms with Crippen molar-refractivity contribution in [1.29, 1.82) is 0 Å². The highest BCUT2D eigenvalue weighted by Gasteiger charge is 2.18. The van der Waals surface area contributed by atoms with Crippen LogP contribution in [0.3, 0.4) is 0 Å². The molecule has 0 spiro atoms. The number of fused-ring (bicyclic) bond motifs is 1. The monoisotopic (exact) mass is 279 g/mol. The van der Waals surface area contributed by atoms with Gasteiger partial charge in [0.1, 0.15) is 11.3 Å². The highest BCUT2D eigenvalue weighted by Crippen LogP contribution is 2.30. The Morgan fingerprint density at radius 2 is 2.32 bits per heavy atom. The van der Waals surface area contributed by atoms with Crippen LogP contribution in [0, 0.1) is 0 Å². The molecule has 0 bridgehead atoms. The summed E-state index contributed by atoms with van der Waals surface area (Å²) < 4.78 is 5.67. The van der Waals surface area contributed by atoms with Gasteiger partial charge < -0.3 is 4.74 Å². The maximum absolute atomic E-state index is 11.5. The molecule has 2 aromatic rings. The number of amides is 1. The molecule has 0 fully saturated rings. The maximum Gasteiger partial charge on any atom is 0.274 e. The summed E-state index contributed by atoms with van der Waals surface area (Å²) in [6.07, 6.45) is 1.49. The van der Waals surface area contributed by atoms with Crippen LogP contribution in [0.25, 0.3) is 10.9 Å². The van der Waals surface area contributed by atoms with Gasteiger partial charge in [0.25, 0.3) is 5.91 Å². The summed E-state index contributed by atoms with van der Waals surface area (Å²) in [5.41, 5.74) is 2.71. The number of rotatable bonds is 4. The predicted octanol–water partition coefficient (Wildman–Crippen LogP) is 2.04. The fourth-order valence-electron chi connectivity index (χ4n) is 1.78. The van der Waals surface area contributed by atoms with Crippen molar-refractivity contribution in [3.63, 3.8) is 0 Å². The molecular weight excluding hydrogens is 266 g/mol. The first-order valence-corrected chi connectivity index (χ1v) is 6.25. The van der Waals surface area contributed by atoms with Crippen LogP contribution in [0.15, 0.2) is 30.5 Å². The summed E-state index contributed by atoms with van der Waals surface area (Å²) in [5, 5.41) is 1.37. The summed E-state index contributed by atoms with van der Waals surface area (Å²) in [7, 11) is 0. The number of pyridine rings is 1. The van der Waals surface area contributed by atoms with Gasteiger partial charge in [-0.05, 0) is 30.7 Å². The van der Waals surface area contributed by atoms with Crippen molar-refractivity contribution in [2.45, 2.75) is 19.4 Å². The molecule has 0 aliphatic heterocycles. The van der Waals surface area contributed by atoms with Gasteiger partial charge >= 0.3 is 0 Å². The predicted molar refractivity (Wildman–Crippen MR) is 73.8 cm³/mol. The number of hydrogen-bond acceptors (Lipinski definition) is 4. The largest absolute Gasteiger partial charge is 0.478 e. The molecule has 19 heavy (non-hydrogen) atoms. The van der Waals surface area contributed by atoms with Crippen molar-refractivity contribution in [3.05, 3.63) is 35.5 Å². The van der Waals surface area contributed by atoms with E-state index in [-0.39, 0.29) is 5.91 Å². The second-order valence-corrected chi connectivity index (χ2v) is 4.38. The van der Waals surface area contributed by atoms with Crippen LogP contribution in [0.2, 0.25) is 5.02 Å². The van der Waals surface area contributed by atoms with E-state index < -0.39 is 6.10 Å². The van der Waals surface area contributed by atoms with E-state index in [9.17, 15) is 4.79 Å². The van der Waals surface area contributed by atoms with Crippen molar-refractivity contribution in [2.24, 2.45) is 5.84 Å². The van der Waals surface area contributed by atoms with Crippen LogP contribution < -0.4 is 16.0 Å². The smallest absolute Gasteiger partial charge is 0.274 e. The number of benzene rings is 1. The Bertz CT molecular complexity index is 603. The zero-order valence-corrected chi connectivity index (χ0v) is 11.1. The van der Waals surface area contributed by atoms with Gasteiger partial charge in [-0.25, -0.2) is 5.84 Å². The van der Waals surface area contributed by atoms with Gasteiger partial charge in [-0.15, -0.1) is 0 Å². The van der Waals surface area contributed by atoms with Crippen LogP contribution in [-0.2, 0) is 4.79 Å². The molecule has 0 saturated heterocycles. The zero-order chi connectivity index (χ0) is 13.8. The van der Waals surface area contributed by atoms with Crippen molar-refractivity contribution in [3.8, 4) is 5.75 Å². The second kappa shape index (κ2) is 5.86. The van der Waals surface area contributed by atoms with Gasteiger partial charge in [0.05, 0.1) is 5.02 Å². The fourth-order valence-corrected chi connectivity index (χ4v) is 1.99. The van der Waals surface area contributed by atoms with E-state index in [4.69, 9.17) is 22.2 Å². The lowest BCUT2D eigenvalue weighted by Gasteiger charge is -2.17. The first kappa shape index (κ1) is 13.6. The van der Waals surface area contributed by atoms with Crippen LogP contribution in [0.1, 0.15) is 13.3 Å². The molecule has 1 aromatic heterocycles. The van der Waals surface area contributed by atoms with Gasteiger partial charge in [-0.1, -0.05) is 18.5 Å². The van der Waals surface area contributed by atoms with Crippen LogP contribution >= 0.6 is 11.6 Å². The molecule has 0 aliphatic rings. The van der Waals surface area contributed by atoms with Crippen molar-refractivity contribution >= 4 is 28.4 Å². The number of carbonyl (C=O) groups excluding carboxylic acids is 1. The number of carbonyl (C=O) groups is 1. The third-order valence-corrected chi connectivity index (χ3v) is 3.08. The molecule has 0 saturated carbocycles. The third-order valence-electron chi connectivity index (χ3n) is 2.75. The lowest BCUT2D eigenvalue weighted by molar-refractivity contribution is -0.128. The minimum absolute atomic E-state index is 0.374. The summed E-state index contributed by atoms with van der Waals surface area (Å²) in [4.78, 5) is 15.8. The molecule has 1 amide bonds. The Morgan fingerprint density at radius 1 is 1.53 bits per heavy atom. The molecule has 3 N–H and O–H groups in total. The van der Waals surface area contributed by atoms with Gasteiger partial charge in [0.15, 0.2) is 6.10 Å². The number of hydrogen-bond donors (Lipinski definition) is 2. The number of aromatic nitrogens is 1. The van der Waals surface area contributed by atoms with E-state index in [0.29, 0.717) is 22.7 Å². The van der Waals surface area contributed by atoms with Gasteiger partial charge in [-0.2, -0.15) is 0 Å². The molecule has 1 heterocycles. The average Bonchev–Trinajstić information content (AvgIpc) is 2.46. The SMILES string of the molecule is CCC(Oc1ccc(Cl)c2cccnc12)C(=O)NN. The lowest BCUT2D eigenvalue weighted by atomic mass is 10.2. The van der Waals surface area contributed by atoms with Gasteiger partial charge in [0, 0.05) is 11.6 Å². The Balaban J connectivity index is 2.40. The number of hydrazine groups is 1. The molecule has 100 valence electrons. The Labute approximate surface area is 115 Å². The van der Waals surface area contributed by atoms with Gasteiger partial charge in [0.2, 0.25) is 0 Å². The van der Waals surface area contributed by atoms with Crippen LogP contribution in [0.4, 0.5) is 0 Å². The van der Waals surface area contributed by atoms with E-state index in [1.165, 1.54) is 0 Å². The van der Waals surface area contributed by atoms with E-state index in [0.717, 1.165) is 5.39 Å². The normalized spacial score (nSPS) is 12.2. The summed E-state index contributed by atoms with van der Waals surface area (Å²) in [6, 6.07) is 7.06.